The number of hydrogen-bond donors (Lipinski definition) is 4. The van der Waals surface area contributed by atoms with Gasteiger partial charge in [0.1, 0.15) is 41.8 Å². The number of methoxy groups -OCH3 is 1. The quantitative estimate of drug-likeness (QED) is 0.426. The molecular formula is C25H24N2O7. The van der Waals surface area contributed by atoms with E-state index in [0.29, 0.717) is 22.6 Å². The third-order valence-corrected chi connectivity index (χ3v) is 5.63. The highest BCUT2D eigenvalue weighted by molar-refractivity contribution is 5.78. The number of aliphatic hydroxyl groups excluding tert-OH is 4. The van der Waals surface area contributed by atoms with Crippen LogP contribution in [0.1, 0.15) is 5.56 Å². The Morgan fingerprint density at radius 2 is 1.68 bits per heavy atom. The van der Waals surface area contributed by atoms with E-state index in [0.717, 1.165) is 5.56 Å². The predicted molar refractivity (Wildman–Crippen MR) is 121 cm³/mol. The number of hydrogen-bond acceptors (Lipinski definition) is 9. The van der Waals surface area contributed by atoms with Crippen LogP contribution >= 0.6 is 0 Å². The molecule has 5 atom stereocenters. The van der Waals surface area contributed by atoms with E-state index in [1.807, 2.05) is 36.4 Å². The lowest BCUT2D eigenvalue weighted by Gasteiger charge is -2.39. The second-order valence-corrected chi connectivity index (χ2v) is 7.76. The largest absolute Gasteiger partial charge is 0.480 e. The van der Waals surface area contributed by atoms with Crippen LogP contribution in [0.15, 0.2) is 60.7 Å². The summed E-state index contributed by atoms with van der Waals surface area (Å²) in [6.07, 6.45) is -6.87. The monoisotopic (exact) mass is 464 g/mol. The topological polar surface area (TPSA) is 145 Å². The third-order valence-electron chi connectivity index (χ3n) is 5.63. The van der Waals surface area contributed by atoms with Gasteiger partial charge in [-0.25, -0.2) is 4.98 Å². The molecule has 1 aliphatic heterocycles. The Hall–Kier alpha value is -3.52. The van der Waals surface area contributed by atoms with Crippen molar-refractivity contribution in [3.8, 4) is 40.1 Å². The van der Waals surface area contributed by atoms with Crippen LogP contribution in [0.2, 0.25) is 0 Å². The fourth-order valence-corrected chi connectivity index (χ4v) is 3.77. The van der Waals surface area contributed by atoms with Crippen LogP contribution in [0.4, 0.5) is 0 Å². The highest BCUT2D eigenvalue weighted by atomic mass is 16.7. The van der Waals surface area contributed by atoms with Crippen molar-refractivity contribution in [3.05, 3.63) is 66.2 Å². The van der Waals surface area contributed by atoms with Gasteiger partial charge in [0.15, 0.2) is 0 Å². The molecule has 1 aromatic heterocycles. The number of rotatable bonds is 6. The Balaban J connectivity index is 1.63. The summed E-state index contributed by atoms with van der Waals surface area (Å²) in [6.45, 7) is -0.547. The second-order valence-electron chi connectivity index (χ2n) is 7.76. The van der Waals surface area contributed by atoms with Crippen molar-refractivity contribution < 1.29 is 34.6 Å². The van der Waals surface area contributed by atoms with E-state index in [1.165, 1.54) is 7.11 Å². The number of aromatic nitrogens is 1. The number of benzene rings is 2. The van der Waals surface area contributed by atoms with E-state index in [4.69, 9.17) is 14.2 Å². The summed E-state index contributed by atoms with van der Waals surface area (Å²) in [5.74, 6) is 0.524. The fraction of sp³-hybridized carbons (Fsp3) is 0.280. The molecule has 1 saturated heterocycles. The van der Waals surface area contributed by atoms with Crippen LogP contribution < -0.4 is 9.47 Å². The maximum absolute atomic E-state index is 10.2. The first kappa shape index (κ1) is 23.6. The van der Waals surface area contributed by atoms with Gasteiger partial charge in [-0.3, -0.25) is 0 Å². The molecule has 1 fully saturated rings. The van der Waals surface area contributed by atoms with Gasteiger partial charge in [-0.15, -0.1) is 0 Å². The minimum absolute atomic E-state index is 0.209. The lowest BCUT2D eigenvalue weighted by Crippen LogP contribution is -2.60. The van der Waals surface area contributed by atoms with Crippen LogP contribution in [0.5, 0.6) is 11.6 Å². The Labute approximate surface area is 196 Å². The molecule has 2 heterocycles. The molecule has 4 rings (SSSR count). The molecular weight excluding hydrogens is 440 g/mol. The molecule has 176 valence electrons. The first-order chi connectivity index (χ1) is 16.5. The Morgan fingerprint density at radius 1 is 0.971 bits per heavy atom. The lowest BCUT2D eigenvalue weighted by atomic mass is 9.98. The van der Waals surface area contributed by atoms with Gasteiger partial charge < -0.3 is 34.6 Å². The zero-order valence-electron chi connectivity index (χ0n) is 18.3. The van der Waals surface area contributed by atoms with Gasteiger partial charge in [-0.2, -0.15) is 5.26 Å². The summed E-state index contributed by atoms with van der Waals surface area (Å²) in [5, 5.41) is 49.1. The average Bonchev–Trinajstić information content (AvgIpc) is 2.89. The highest BCUT2D eigenvalue weighted by Crippen LogP contribution is 2.34. The maximum atomic E-state index is 10.2. The first-order valence-electron chi connectivity index (χ1n) is 10.6. The molecule has 0 bridgehead atoms. The van der Waals surface area contributed by atoms with Crippen molar-refractivity contribution in [2.45, 2.75) is 30.7 Å². The molecule has 9 heteroatoms. The van der Waals surface area contributed by atoms with Crippen LogP contribution in [-0.2, 0) is 4.74 Å². The van der Waals surface area contributed by atoms with Crippen molar-refractivity contribution in [2.75, 3.05) is 13.7 Å². The molecule has 0 radical (unpaired) electrons. The smallest absolute Gasteiger partial charge is 0.232 e. The van der Waals surface area contributed by atoms with Gasteiger partial charge in [0.05, 0.1) is 19.4 Å². The van der Waals surface area contributed by atoms with E-state index in [-0.39, 0.29) is 11.4 Å². The SMILES string of the molecule is COc1nc(-c2ccccc2)cc(-c2ccc(OC3OC(CO)C(O)C(O)C3O)cc2)c1C#N. The average molecular weight is 464 g/mol. The molecule has 0 spiro atoms. The van der Waals surface area contributed by atoms with Crippen molar-refractivity contribution in [2.24, 2.45) is 0 Å². The zero-order chi connectivity index (χ0) is 24.2. The van der Waals surface area contributed by atoms with Gasteiger partial charge in [0.25, 0.3) is 0 Å². The van der Waals surface area contributed by atoms with Gasteiger partial charge in [0, 0.05) is 11.1 Å². The third kappa shape index (κ3) is 4.59. The minimum atomic E-state index is -1.53. The number of ether oxygens (including phenoxy) is 3. The van der Waals surface area contributed by atoms with Crippen LogP contribution in [0.25, 0.3) is 22.4 Å². The molecule has 2 aromatic carbocycles. The Kier molecular flexibility index (Phi) is 7.07. The molecule has 34 heavy (non-hydrogen) atoms. The zero-order valence-corrected chi connectivity index (χ0v) is 18.3. The minimum Gasteiger partial charge on any atom is -0.480 e. The molecule has 0 amide bonds. The highest BCUT2D eigenvalue weighted by Gasteiger charge is 2.44. The van der Waals surface area contributed by atoms with Crippen LogP contribution in [-0.4, -0.2) is 69.8 Å². The standard InChI is InChI=1S/C25H24N2O7/c1-32-24-18(12-26)17(11-19(27-24)15-5-3-2-4-6-15)14-7-9-16(10-8-14)33-25-23(31)22(30)21(29)20(13-28)34-25/h2-11,20-23,25,28-31H,13H2,1H3. The summed E-state index contributed by atoms with van der Waals surface area (Å²) in [5.41, 5.74) is 3.12. The van der Waals surface area contributed by atoms with Gasteiger partial charge in [-0.05, 0) is 23.8 Å². The van der Waals surface area contributed by atoms with E-state index in [9.17, 15) is 25.7 Å². The first-order valence-corrected chi connectivity index (χ1v) is 10.6. The summed E-state index contributed by atoms with van der Waals surface area (Å²) >= 11 is 0. The molecule has 0 saturated carbocycles. The van der Waals surface area contributed by atoms with Crippen LogP contribution in [0.3, 0.4) is 0 Å². The fourth-order valence-electron chi connectivity index (χ4n) is 3.77. The Morgan fingerprint density at radius 3 is 2.29 bits per heavy atom. The predicted octanol–water partition coefficient (Wildman–Crippen LogP) is 1.47. The number of nitrogens with zero attached hydrogens (tertiary/aromatic N) is 2. The summed E-state index contributed by atoms with van der Waals surface area (Å²) in [7, 11) is 1.46. The van der Waals surface area contributed by atoms with Gasteiger partial charge in [0.2, 0.25) is 12.2 Å². The number of pyridine rings is 1. The molecule has 0 aliphatic carbocycles. The number of nitriles is 1. The van der Waals surface area contributed by atoms with Crippen LogP contribution in [0, 0.1) is 11.3 Å². The normalized spacial score (nSPS) is 24.3. The number of aliphatic hydroxyl groups is 4. The van der Waals surface area contributed by atoms with Crippen molar-refractivity contribution in [1.29, 1.82) is 5.26 Å². The molecule has 4 N–H and O–H groups in total. The summed E-state index contributed by atoms with van der Waals surface area (Å²) < 4.78 is 16.4. The maximum Gasteiger partial charge on any atom is 0.232 e. The van der Waals surface area contributed by atoms with Crippen molar-refractivity contribution in [3.63, 3.8) is 0 Å². The van der Waals surface area contributed by atoms with E-state index >= 15 is 0 Å². The van der Waals surface area contributed by atoms with Gasteiger partial charge in [-0.1, -0.05) is 42.5 Å². The molecule has 5 unspecified atom stereocenters. The summed E-state index contributed by atoms with van der Waals surface area (Å²) in [6, 6.07) is 20.2. The van der Waals surface area contributed by atoms with Gasteiger partial charge >= 0.3 is 0 Å². The summed E-state index contributed by atoms with van der Waals surface area (Å²) in [4.78, 5) is 4.47. The van der Waals surface area contributed by atoms with Crippen molar-refractivity contribution >= 4 is 0 Å². The lowest BCUT2D eigenvalue weighted by molar-refractivity contribution is -0.277. The van der Waals surface area contributed by atoms with Crippen molar-refractivity contribution in [1.82, 2.24) is 4.98 Å². The molecule has 1 aliphatic rings. The molecule has 3 aromatic rings. The van der Waals surface area contributed by atoms with E-state index in [1.54, 1.807) is 24.3 Å². The van der Waals surface area contributed by atoms with E-state index in [2.05, 4.69) is 11.1 Å². The Bertz CT molecular complexity index is 1160. The van der Waals surface area contributed by atoms with E-state index < -0.39 is 37.3 Å². The molecule has 9 nitrogen and oxygen atoms in total. The second kappa shape index (κ2) is 10.2.